The zero-order chi connectivity index (χ0) is 33.8. The van der Waals surface area contributed by atoms with Crippen molar-refractivity contribution in [1.82, 2.24) is 9.13 Å². The number of rotatable bonds is 4. The van der Waals surface area contributed by atoms with E-state index in [1.54, 1.807) is 0 Å². The van der Waals surface area contributed by atoms with Crippen LogP contribution in [-0.2, 0) is 19.3 Å². The second-order valence-corrected chi connectivity index (χ2v) is 13.8. The Hall–Kier alpha value is -6.10. The number of para-hydroxylation sites is 1. The summed E-state index contributed by atoms with van der Waals surface area (Å²) in [4.78, 5) is 0. The van der Waals surface area contributed by atoms with E-state index in [0.717, 1.165) is 60.1 Å². The van der Waals surface area contributed by atoms with E-state index >= 15 is 0 Å². The number of allylic oxidation sites excluding steroid dienone is 7. The van der Waals surface area contributed by atoms with Gasteiger partial charge in [0.15, 0.2) is 0 Å². The predicted octanol–water partition coefficient (Wildman–Crippen LogP) is 10.7. The maximum Gasteiger partial charge on any atom is 0.0991 e. The van der Waals surface area contributed by atoms with Crippen LogP contribution >= 0.6 is 0 Å². The van der Waals surface area contributed by atoms with E-state index in [4.69, 9.17) is 0 Å². The molecule has 4 nitrogen and oxygen atoms in total. The van der Waals surface area contributed by atoms with Gasteiger partial charge < -0.3 is 9.13 Å². The molecular formula is C46H36N4. The van der Waals surface area contributed by atoms with Crippen LogP contribution in [0.4, 0.5) is 0 Å². The van der Waals surface area contributed by atoms with Gasteiger partial charge in [-0.15, -0.1) is 0 Å². The highest BCUT2D eigenvalue weighted by molar-refractivity contribution is 5.93. The van der Waals surface area contributed by atoms with Crippen LogP contribution in [0.5, 0.6) is 0 Å². The molecule has 2 atom stereocenters. The van der Waals surface area contributed by atoms with Crippen molar-refractivity contribution in [3.05, 3.63) is 166 Å². The summed E-state index contributed by atoms with van der Waals surface area (Å²) in [5.41, 5.74) is 14.8. The highest BCUT2D eigenvalue weighted by Crippen LogP contribution is 2.41. The summed E-state index contributed by atoms with van der Waals surface area (Å²) < 4.78 is 4.81. The topological polar surface area (TPSA) is 57.4 Å². The smallest absolute Gasteiger partial charge is 0.0991 e. The third kappa shape index (κ3) is 4.80. The third-order valence-electron chi connectivity index (χ3n) is 10.9. The monoisotopic (exact) mass is 644 g/mol. The fourth-order valence-corrected chi connectivity index (χ4v) is 8.58. The van der Waals surface area contributed by atoms with Gasteiger partial charge >= 0.3 is 0 Å². The summed E-state index contributed by atoms with van der Waals surface area (Å²) in [6.07, 6.45) is 21.1. The number of aryl methyl sites for hydroxylation is 2. The molecule has 2 unspecified atom stereocenters. The van der Waals surface area contributed by atoms with Crippen molar-refractivity contribution >= 4 is 33.5 Å². The molecule has 50 heavy (non-hydrogen) atoms. The Labute approximate surface area is 292 Å². The Balaban J connectivity index is 1.12. The van der Waals surface area contributed by atoms with Crippen LogP contribution in [0.25, 0.3) is 44.8 Å². The molecular weight excluding hydrogens is 609 g/mol. The van der Waals surface area contributed by atoms with E-state index in [1.807, 2.05) is 12.1 Å². The van der Waals surface area contributed by atoms with Gasteiger partial charge in [-0.2, -0.15) is 10.5 Å². The minimum atomic E-state index is 0.204. The van der Waals surface area contributed by atoms with Crippen LogP contribution in [0.3, 0.4) is 0 Å². The number of hydrogen-bond acceptors (Lipinski definition) is 2. The van der Waals surface area contributed by atoms with Gasteiger partial charge in [0.2, 0.25) is 0 Å². The molecule has 4 aromatic carbocycles. The second-order valence-electron chi connectivity index (χ2n) is 13.8. The maximum absolute atomic E-state index is 9.95. The van der Waals surface area contributed by atoms with E-state index in [0.29, 0.717) is 11.1 Å². The van der Waals surface area contributed by atoms with Crippen molar-refractivity contribution in [2.75, 3.05) is 0 Å². The van der Waals surface area contributed by atoms with Crippen LogP contribution in [0.1, 0.15) is 70.5 Å². The Morgan fingerprint density at radius 1 is 0.700 bits per heavy atom. The van der Waals surface area contributed by atoms with Crippen molar-refractivity contribution in [2.45, 2.75) is 44.9 Å². The van der Waals surface area contributed by atoms with E-state index in [9.17, 15) is 10.5 Å². The molecule has 0 fully saturated rings. The second kappa shape index (κ2) is 12.1. The molecule has 3 aliphatic rings. The van der Waals surface area contributed by atoms with Crippen molar-refractivity contribution in [1.29, 1.82) is 10.5 Å². The first-order valence-corrected chi connectivity index (χ1v) is 17.7. The molecule has 0 radical (unpaired) electrons. The molecule has 4 heteroatoms. The zero-order valence-corrected chi connectivity index (χ0v) is 28.1. The quantitative estimate of drug-likeness (QED) is 0.179. The molecule has 0 aliphatic heterocycles. The Morgan fingerprint density at radius 3 is 2.38 bits per heavy atom. The molecule has 0 spiro atoms. The molecule has 0 amide bonds. The average Bonchev–Trinajstić information content (AvgIpc) is 3.54. The van der Waals surface area contributed by atoms with Gasteiger partial charge in [-0.05, 0) is 115 Å². The number of aromatic nitrogens is 2. The molecule has 0 saturated carbocycles. The number of nitrogens with zero attached hydrogens (tertiary/aromatic N) is 4. The fourth-order valence-electron chi connectivity index (χ4n) is 8.58. The van der Waals surface area contributed by atoms with Gasteiger partial charge in [0.05, 0.1) is 40.0 Å². The zero-order valence-electron chi connectivity index (χ0n) is 28.1. The molecule has 6 aromatic rings. The molecule has 2 heterocycles. The summed E-state index contributed by atoms with van der Waals surface area (Å²) in [6.45, 7) is 2.30. The van der Waals surface area contributed by atoms with E-state index in [1.165, 1.54) is 44.4 Å². The van der Waals surface area contributed by atoms with Crippen LogP contribution in [0.2, 0.25) is 0 Å². The lowest BCUT2D eigenvalue weighted by molar-refractivity contribution is 0.637. The Morgan fingerprint density at radius 2 is 1.50 bits per heavy atom. The largest absolute Gasteiger partial charge is 0.313 e. The van der Waals surface area contributed by atoms with Crippen LogP contribution in [-0.4, -0.2) is 9.13 Å². The van der Waals surface area contributed by atoms with Gasteiger partial charge in [0.1, 0.15) is 0 Å². The van der Waals surface area contributed by atoms with Crippen molar-refractivity contribution in [3.63, 3.8) is 0 Å². The van der Waals surface area contributed by atoms with E-state index < -0.39 is 0 Å². The highest BCUT2D eigenvalue weighted by atomic mass is 15.0. The third-order valence-corrected chi connectivity index (χ3v) is 10.9. The van der Waals surface area contributed by atoms with Crippen LogP contribution in [0, 0.1) is 28.6 Å². The fraction of sp³-hybridized carbons (Fsp3) is 0.174. The van der Waals surface area contributed by atoms with E-state index in [2.05, 4.69) is 144 Å². The molecule has 9 rings (SSSR count). The van der Waals surface area contributed by atoms with Crippen molar-refractivity contribution in [3.8, 4) is 23.5 Å². The minimum absolute atomic E-state index is 0.204. The summed E-state index contributed by atoms with van der Waals surface area (Å²) in [5, 5.41) is 22.1. The van der Waals surface area contributed by atoms with Gasteiger partial charge in [-0.1, -0.05) is 73.7 Å². The minimum Gasteiger partial charge on any atom is -0.313 e. The van der Waals surface area contributed by atoms with Crippen molar-refractivity contribution < 1.29 is 0 Å². The number of hydrogen-bond donors (Lipinski definition) is 0. The molecule has 3 aliphatic carbocycles. The summed E-state index contributed by atoms with van der Waals surface area (Å²) >= 11 is 0. The lowest BCUT2D eigenvalue weighted by Gasteiger charge is -2.26. The van der Waals surface area contributed by atoms with Gasteiger partial charge in [-0.25, -0.2) is 0 Å². The summed E-state index contributed by atoms with van der Waals surface area (Å²) in [5.74, 6) is 0.439. The number of benzene rings is 4. The first-order valence-electron chi connectivity index (χ1n) is 17.7. The SMILES string of the molecule is CC1C=C(c2cc(C#N)ccc2-n2c3c(c4ccccc42)CCC=C3)C=CC1c1cccc(-n2c3c(c4cc(C#N)ccc42)CCC=CC3)c1. The lowest BCUT2D eigenvalue weighted by Crippen LogP contribution is -2.11. The molecule has 0 N–H and O–H groups in total. The molecule has 0 saturated heterocycles. The Kier molecular flexibility index (Phi) is 7.26. The molecule has 0 bridgehead atoms. The van der Waals surface area contributed by atoms with Crippen LogP contribution in [0.15, 0.2) is 121 Å². The van der Waals surface area contributed by atoms with Gasteiger partial charge in [0.25, 0.3) is 0 Å². The van der Waals surface area contributed by atoms with Gasteiger partial charge in [0, 0.05) is 45.7 Å². The van der Waals surface area contributed by atoms with Gasteiger partial charge in [-0.3, -0.25) is 0 Å². The number of fused-ring (bicyclic) bond motifs is 6. The normalized spacial score (nSPS) is 17.9. The lowest BCUT2D eigenvalue weighted by atomic mass is 9.80. The molecule has 2 aromatic heterocycles. The molecule has 240 valence electrons. The first-order chi connectivity index (χ1) is 24.6. The summed E-state index contributed by atoms with van der Waals surface area (Å²) in [7, 11) is 0. The average molecular weight is 645 g/mol. The van der Waals surface area contributed by atoms with Crippen molar-refractivity contribution in [2.24, 2.45) is 5.92 Å². The highest BCUT2D eigenvalue weighted by Gasteiger charge is 2.25. The maximum atomic E-state index is 9.95. The predicted molar refractivity (Wildman–Crippen MR) is 204 cm³/mol. The summed E-state index contributed by atoms with van der Waals surface area (Å²) in [6, 6.07) is 34.7. The first kappa shape index (κ1) is 30.0. The van der Waals surface area contributed by atoms with E-state index in [-0.39, 0.29) is 11.8 Å². The Bertz CT molecular complexity index is 2570. The number of nitriles is 2. The van der Waals surface area contributed by atoms with Crippen LogP contribution < -0.4 is 0 Å². The standard InChI is InChI=1S/C46H36N4/c1-30-24-34(40-25-31(28-47)18-22-45(40)50-43-16-7-5-13-37(43)38-14-6-8-17-44(38)50)20-21-36(30)33-10-9-11-35(27-33)49-42-15-4-2-3-12-39(42)41-26-32(29-48)19-23-46(41)49/h2,4-5,7-11,13,16-27,30,36H,3,6,12,14-15H2,1H3.